The summed E-state index contributed by atoms with van der Waals surface area (Å²) in [5.41, 5.74) is 2.74. The lowest BCUT2D eigenvalue weighted by Gasteiger charge is -2.26. The summed E-state index contributed by atoms with van der Waals surface area (Å²) in [5.74, 6) is -1.38. The van der Waals surface area contributed by atoms with Crippen LogP contribution in [0.1, 0.15) is 33.1 Å². The largest absolute Gasteiger partial charge is 0.505 e. The van der Waals surface area contributed by atoms with Gasteiger partial charge >= 0.3 is 5.97 Å². The third-order valence-corrected chi connectivity index (χ3v) is 7.94. The number of aromatic hydroxyl groups is 1. The Morgan fingerprint density at radius 1 is 0.577 bits per heavy atom. The first-order chi connectivity index (χ1) is 25.5. The van der Waals surface area contributed by atoms with Gasteiger partial charge in [0.05, 0.1) is 49.0 Å². The number of carbonyl (C=O) groups is 1. The average molecular weight is 690 g/mol. The van der Waals surface area contributed by atoms with Gasteiger partial charge in [0, 0.05) is 30.2 Å². The molecule has 0 saturated heterocycles. The summed E-state index contributed by atoms with van der Waals surface area (Å²) in [6.45, 7) is 1.30. The second kappa shape index (κ2) is 15.6. The van der Waals surface area contributed by atoms with Crippen LogP contribution in [0.15, 0.2) is 138 Å². The number of aromatic carboxylic acids is 1. The highest BCUT2D eigenvalue weighted by atomic mass is 16.4. The topological polar surface area (TPSA) is 179 Å². The molecule has 0 radical (unpaired) electrons. The summed E-state index contributed by atoms with van der Waals surface area (Å²) >= 11 is 0. The highest BCUT2D eigenvalue weighted by Gasteiger charge is 2.22. The van der Waals surface area contributed by atoms with E-state index in [-0.39, 0.29) is 29.1 Å². The minimum Gasteiger partial charge on any atom is -0.505 e. The maximum Gasteiger partial charge on any atom is 0.340 e. The highest BCUT2D eigenvalue weighted by molar-refractivity contribution is 6.08. The summed E-state index contributed by atoms with van der Waals surface area (Å²) in [4.78, 5) is 48.5. The van der Waals surface area contributed by atoms with Gasteiger partial charge in [-0.25, -0.2) is 4.79 Å². The van der Waals surface area contributed by atoms with Crippen molar-refractivity contribution in [2.75, 3.05) is 9.80 Å². The molecule has 0 saturated carbocycles. The van der Waals surface area contributed by atoms with Crippen molar-refractivity contribution in [1.29, 1.82) is 0 Å². The predicted octanol–water partition coefficient (Wildman–Crippen LogP) is 6.84. The smallest absolute Gasteiger partial charge is 0.340 e. The highest BCUT2D eigenvalue weighted by Crippen LogP contribution is 2.37. The molecule has 0 unspecified atom stereocenters. The Hall–Kier alpha value is -7.22. The van der Waals surface area contributed by atoms with Crippen molar-refractivity contribution in [2.24, 2.45) is 10.2 Å². The van der Waals surface area contributed by atoms with Crippen LogP contribution in [0.5, 0.6) is 5.75 Å². The first-order valence-corrected chi connectivity index (χ1v) is 16.3. The molecule has 2 aromatic carbocycles. The second-order valence-corrected chi connectivity index (χ2v) is 11.6. The third-order valence-electron chi connectivity index (χ3n) is 7.94. The molecule has 14 heteroatoms. The SMILES string of the molecule is O=C(O)c1c(O)c(/N=N/c2nc(N(Cc3ccccn3)Cc3ccccn3)nc(N(Cc3ccccn3)Cc3ccccn3)n2)cc2ccccc12. The van der Waals surface area contributed by atoms with Gasteiger partial charge in [0.15, 0.2) is 5.75 Å². The summed E-state index contributed by atoms with van der Waals surface area (Å²) in [7, 11) is 0. The Kier molecular flexibility index (Phi) is 9.95. The van der Waals surface area contributed by atoms with E-state index < -0.39 is 11.7 Å². The third kappa shape index (κ3) is 7.97. The lowest BCUT2D eigenvalue weighted by atomic mass is 10.0. The molecule has 0 aliphatic carbocycles. The van der Waals surface area contributed by atoms with Crippen molar-refractivity contribution in [3.8, 4) is 5.75 Å². The number of benzene rings is 2. The van der Waals surface area contributed by atoms with Crippen molar-refractivity contribution in [1.82, 2.24) is 34.9 Å². The monoisotopic (exact) mass is 689 g/mol. The van der Waals surface area contributed by atoms with Gasteiger partial charge in [-0.3, -0.25) is 19.9 Å². The number of phenols is 1. The molecule has 0 bridgehead atoms. The molecule has 0 atom stereocenters. The van der Waals surface area contributed by atoms with Gasteiger partial charge in [0.1, 0.15) is 11.3 Å². The minimum absolute atomic E-state index is 0.0581. The van der Waals surface area contributed by atoms with Crippen molar-refractivity contribution < 1.29 is 15.0 Å². The Morgan fingerprint density at radius 2 is 1.02 bits per heavy atom. The van der Waals surface area contributed by atoms with E-state index in [1.54, 1.807) is 55.1 Å². The molecule has 7 rings (SSSR count). The molecule has 256 valence electrons. The van der Waals surface area contributed by atoms with E-state index in [4.69, 9.17) is 15.0 Å². The fourth-order valence-corrected chi connectivity index (χ4v) is 5.53. The van der Waals surface area contributed by atoms with E-state index in [0.717, 1.165) is 22.8 Å². The Balaban J connectivity index is 1.37. The molecule has 5 aromatic heterocycles. The van der Waals surface area contributed by atoms with Crippen LogP contribution >= 0.6 is 0 Å². The first-order valence-electron chi connectivity index (χ1n) is 16.3. The molecule has 5 heterocycles. The number of azo groups is 1. The average Bonchev–Trinajstić information content (AvgIpc) is 3.18. The van der Waals surface area contributed by atoms with Crippen molar-refractivity contribution in [3.63, 3.8) is 0 Å². The van der Waals surface area contributed by atoms with E-state index in [0.29, 0.717) is 37.0 Å². The van der Waals surface area contributed by atoms with Gasteiger partial charge in [-0.15, -0.1) is 10.2 Å². The van der Waals surface area contributed by atoms with E-state index in [1.807, 2.05) is 82.6 Å². The Labute approximate surface area is 297 Å². The molecule has 0 fully saturated rings. The van der Waals surface area contributed by atoms with Crippen LogP contribution < -0.4 is 9.80 Å². The van der Waals surface area contributed by atoms with Gasteiger partial charge in [-0.05, 0) is 60.0 Å². The minimum atomic E-state index is -1.30. The fraction of sp³-hybridized carbons (Fsp3) is 0.105. The van der Waals surface area contributed by atoms with E-state index in [1.165, 1.54) is 0 Å². The number of fused-ring (bicyclic) bond motifs is 1. The molecule has 52 heavy (non-hydrogen) atoms. The number of rotatable bonds is 13. The summed E-state index contributed by atoms with van der Waals surface area (Å²) in [6, 6.07) is 31.0. The Morgan fingerprint density at radius 3 is 1.44 bits per heavy atom. The van der Waals surface area contributed by atoms with Crippen molar-refractivity contribution in [3.05, 3.63) is 156 Å². The maximum absolute atomic E-state index is 12.2. The number of nitrogens with zero attached hydrogens (tertiary/aromatic N) is 11. The van der Waals surface area contributed by atoms with Crippen LogP contribution in [-0.4, -0.2) is 51.1 Å². The van der Waals surface area contributed by atoms with Crippen molar-refractivity contribution >= 4 is 40.3 Å². The van der Waals surface area contributed by atoms with Crippen LogP contribution in [0.2, 0.25) is 0 Å². The first kappa shape index (κ1) is 33.3. The molecule has 0 aliphatic rings. The molecular weight excluding hydrogens is 658 g/mol. The number of pyridine rings is 4. The van der Waals surface area contributed by atoms with Gasteiger partial charge in [-0.2, -0.15) is 15.0 Å². The number of carboxylic acids is 1. The number of hydrogen-bond donors (Lipinski definition) is 2. The van der Waals surface area contributed by atoms with Crippen LogP contribution in [-0.2, 0) is 26.2 Å². The lowest BCUT2D eigenvalue weighted by molar-refractivity contribution is 0.0696. The number of hydrogen-bond acceptors (Lipinski definition) is 13. The van der Waals surface area contributed by atoms with E-state index >= 15 is 0 Å². The van der Waals surface area contributed by atoms with Gasteiger partial charge in [-0.1, -0.05) is 48.5 Å². The maximum atomic E-state index is 12.2. The fourth-order valence-electron chi connectivity index (χ4n) is 5.53. The molecule has 2 N–H and O–H groups in total. The summed E-state index contributed by atoms with van der Waals surface area (Å²) in [5, 5.41) is 30.6. The number of anilines is 2. The molecule has 0 aliphatic heterocycles. The summed E-state index contributed by atoms with van der Waals surface area (Å²) < 4.78 is 0. The van der Waals surface area contributed by atoms with Gasteiger partial charge < -0.3 is 20.0 Å². The quantitative estimate of drug-likeness (QED) is 0.121. The molecule has 0 spiro atoms. The predicted molar refractivity (Wildman–Crippen MR) is 193 cm³/mol. The standard InChI is InChI=1S/C38H31N11O3/c50-34-32(21-26-11-1-2-16-31(26)33(34)35(51)52)46-47-36-43-37(48(22-27-12-3-7-17-39-27)23-28-13-4-8-18-40-28)45-38(44-36)49(24-29-14-5-9-19-41-29)25-30-15-6-10-20-42-30/h1-21,50H,22-25H2,(H,51,52)/b47-46+. The zero-order valence-corrected chi connectivity index (χ0v) is 27.7. The van der Waals surface area contributed by atoms with Gasteiger partial charge in [0.2, 0.25) is 11.9 Å². The van der Waals surface area contributed by atoms with Gasteiger partial charge in [0.25, 0.3) is 5.95 Å². The lowest BCUT2D eigenvalue weighted by Crippen LogP contribution is -2.29. The Bertz CT molecular complexity index is 2130. The van der Waals surface area contributed by atoms with Crippen molar-refractivity contribution in [2.45, 2.75) is 26.2 Å². The van der Waals surface area contributed by atoms with E-state index in [9.17, 15) is 15.0 Å². The second-order valence-electron chi connectivity index (χ2n) is 11.6. The van der Waals surface area contributed by atoms with Crippen LogP contribution in [0, 0.1) is 0 Å². The normalized spacial score (nSPS) is 11.2. The molecule has 7 aromatic rings. The molecular formula is C38H31N11O3. The number of aromatic nitrogens is 7. The zero-order valence-electron chi connectivity index (χ0n) is 27.7. The van der Waals surface area contributed by atoms with E-state index in [2.05, 4.69) is 30.2 Å². The molecule has 14 nitrogen and oxygen atoms in total. The van der Waals surface area contributed by atoms with Crippen LogP contribution in [0.25, 0.3) is 10.8 Å². The van der Waals surface area contributed by atoms with Crippen LogP contribution in [0.3, 0.4) is 0 Å². The zero-order chi connectivity index (χ0) is 35.7. The molecule has 0 amide bonds. The summed E-state index contributed by atoms with van der Waals surface area (Å²) in [6.07, 6.45) is 6.87. The number of carboxylic acid groups (broad SMARTS) is 1. The van der Waals surface area contributed by atoms with Crippen LogP contribution in [0.4, 0.5) is 23.5 Å².